The second kappa shape index (κ2) is 15.4. The van der Waals surface area contributed by atoms with Crippen molar-refractivity contribution in [2.45, 2.75) is 19.8 Å². The van der Waals surface area contributed by atoms with Gasteiger partial charge in [0.15, 0.2) is 23.1 Å². The standard InChI is InChI=1S/C25H21FO4.C16H12BrFO2/c1-3-29-25(27)19-8-4-6-17(14-19)21-9-5-7-18-15-20(30-24(18)21)12-16-10-11-23(28-2)22(26)13-16;1-19-15-6-5-10(8-14(15)18)7-12-9-11-3-2-4-13(17)16(11)20-12/h4-11,13-15H,3,12H2,1-2H3;2-6,8-9H,7H2,1H3. The van der Waals surface area contributed by atoms with Crippen molar-refractivity contribution in [3.8, 4) is 22.6 Å². The van der Waals surface area contributed by atoms with E-state index in [2.05, 4.69) is 15.9 Å². The molecule has 0 spiro atoms. The van der Waals surface area contributed by atoms with Crippen molar-refractivity contribution in [1.82, 2.24) is 0 Å². The van der Waals surface area contributed by atoms with Crippen LogP contribution in [0.15, 0.2) is 123 Å². The zero-order valence-corrected chi connectivity index (χ0v) is 29.2. The smallest absolute Gasteiger partial charge is 0.338 e. The SMILES string of the molecule is CCOC(=O)c1cccc(-c2cccc3cc(Cc4ccc(OC)c(F)c4)oc23)c1.COc1ccc(Cc2cc3cccc(Br)c3o2)cc1F. The zero-order valence-electron chi connectivity index (χ0n) is 27.6. The number of benzene rings is 5. The van der Waals surface area contributed by atoms with Crippen LogP contribution in [0.25, 0.3) is 33.1 Å². The van der Waals surface area contributed by atoms with Gasteiger partial charge in [0.25, 0.3) is 0 Å². The fourth-order valence-electron chi connectivity index (χ4n) is 5.67. The molecule has 254 valence electrons. The lowest BCUT2D eigenvalue weighted by atomic mass is 10.0. The minimum absolute atomic E-state index is 0.215. The third kappa shape index (κ3) is 7.74. The molecule has 0 aliphatic carbocycles. The molecule has 5 aromatic carbocycles. The first-order valence-electron chi connectivity index (χ1n) is 15.9. The van der Waals surface area contributed by atoms with Gasteiger partial charge in [0.1, 0.15) is 22.7 Å². The van der Waals surface area contributed by atoms with Crippen molar-refractivity contribution in [1.29, 1.82) is 0 Å². The Kier molecular flexibility index (Phi) is 10.6. The maximum atomic E-state index is 14.0. The highest BCUT2D eigenvalue weighted by Crippen LogP contribution is 2.33. The normalized spacial score (nSPS) is 10.9. The number of carbonyl (C=O) groups excluding carboxylic acids is 1. The van der Waals surface area contributed by atoms with Gasteiger partial charge in [-0.1, -0.05) is 54.6 Å². The average molecular weight is 740 g/mol. The maximum Gasteiger partial charge on any atom is 0.338 e. The minimum Gasteiger partial charge on any atom is -0.494 e. The van der Waals surface area contributed by atoms with Crippen molar-refractivity contribution in [2.75, 3.05) is 20.8 Å². The number of furan rings is 2. The lowest BCUT2D eigenvalue weighted by molar-refractivity contribution is 0.0526. The number of carbonyl (C=O) groups is 1. The molecule has 7 rings (SSSR count). The molecular weight excluding hydrogens is 706 g/mol. The number of esters is 1. The van der Waals surface area contributed by atoms with Crippen LogP contribution in [0.4, 0.5) is 8.78 Å². The van der Waals surface area contributed by atoms with E-state index in [0.29, 0.717) is 25.0 Å². The minimum atomic E-state index is -0.400. The Bertz CT molecular complexity index is 2290. The molecule has 0 amide bonds. The molecule has 0 atom stereocenters. The van der Waals surface area contributed by atoms with E-state index in [4.69, 9.17) is 23.0 Å². The van der Waals surface area contributed by atoms with Gasteiger partial charge in [-0.25, -0.2) is 13.6 Å². The molecule has 0 saturated carbocycles. The highest BCUT2D eigenvalue weighted by atomic mass is 79.9. The van der Waals surface area contributed by atoms with Crippen molar-refractivity contribution in [3.63, 3.8) is 0 Å². The summed E-state index contributed by atoms with van der Waals surface area (Å²) in [6.07, 6.45) is 1.000. The third-order valence-corrected chi connectivity index (χ3v) is 8.64. The lowest BCUT2D eigenvalue weighted by Gasteiger charge is -2.06. The molecule has 9 heteroatoms. The van der Waals surface area contributed by atoms with Crippen LogP contribution in [0.1, 0.15) is 39.9 Å². The van der Waals surface area contributed by atoms with E-state index < -0.39 is 5.82 Å². The van der Waals surface area contributed by atoms with Gasteiger partial charge in [0, 0.05) is 29.2 Å². The van der Waals surface area contributed by atoms with Gasteiger partial charge in [-0.15, -0.1) is 0 Å². The molecular formula is C41H33BrF2O6. The Morgan fingerprint density at radius 1 is 0.680 bits per heavy atom. The zero-order chi connectivity index (χ0) is 35.2. The molecule has 0 radical (unpaired) electrons. The van der Waals surface area contributed by atoms with Crippen molar-refractivity contribution >= 4 is 43.8 Å². The molecule has 50 heavy (non-hydrogen) atoms. The fraction of sp³-hybridized carbons (Fsp3) is 0.146. The Morgan fingerprint density at radius 3 is 1.80 bits per heavy atom. The van der Waals surface area contributed by atoms with E-state index in [9.17, 15) is 13.6 Å². The van der Waals surface area contributed by atoms with Gasteiger partial charge in [-0.2, -0.15) is 0 Å². The summed E-state index contributed by atoms with van der Waals surface area (Å²) in [5, 5.41) is 1.97. The molecule has 6 nitrogen and oxygen atoms in total. The van der Waals surface area contributed by atoms with E-state index in [-0.39, 0.29) is 23.3 Å². The number of fused-ring (bicyclic) bond motifs is 2. The molecule has 2 aromatic heterocycles. The predicted octanol–water partition coefficient (Wildman–Crippen LogP) is 10.9. The summed E-state index contributed by atoms with van der Waals surface area (Å²) >= 11 is 3.46. The number of halogens is 3. The predicted molar refractivity (Wildman–Crippen MR) is 193 cm³/mol. The summed E-state index contributed by atoms with van der Waals surface area (Å²) in [5.41, 5.74) is 5.41. The molecule has 0 bridgehead atoms. The van der Waals surface area contributed by atoms with Crippen LogP contribution in [0.2, 0.25) is 0 Å². The first kappa shape index (κ1) is 34.5. The lowest BCUT2D eigenvalue weighted by Crippen LogP contribution is -2.04. The van der Waals surface area contributed by atoms with E-state index >= 15 is 0 Å². The average Bonchev–Trinajstić information content (AvgIpc) is 3.73. The molecule has 0 N–H and O–H groups in total. The van der Waals surface area contributed by atoms with E-state index in [1.807, 2.05) is 72.8 Å². The van der Waals surface area contributed by atoms with Gasteiger partial charge in [-0.05, 0) is 94.1 Å². The maximum absolute atomic E-state index is 14.0. The van der Waals surface area contributed by atoms with Crippen LogP contribution < -0.4 is 9.47 Å². The van der Waals surface area contributed by atoms with Crippen LogP contribution in [0, 0.1) is 11.6 Å². The van der Waals surface area contributed by atoms with Gasteiger partial charge >= 0.3 is 5.97 Å². The van der Waals surface area contributed by atoms with E-state index in [1.54, 1.807) is 31.2 Å². The third-order valence-electron chi connectivity index (χ3n) is 8.02. The van der Waals surface area contributed by atoms with Crippen LogP contribution >= 0.6 is 15.9 Å². The summed E-state index contributed by atoms with van der Waals surface area (Å²) in [7, 11) is 2.89. The van der Waals surface area contributed by atoms with Gasteiger partial charge in [0.2, 0.25) is 0 Å². The monoisotopic (exact) mass is 738 g/mol. The van der Waals surface area contributed by atoms with Crippen molar-refractivity contribution in [2.24, 2.45) is 0 Å². The second-order valence-electron chi connectivity index (χ2n) is 11.4. The highest BCUT2D eigenvalue weighted by molar-refractivity contribution is 9.10. The van der Waals surface area contributed by atoms with Crippen LogP contribution in [0.3, 0.4) is 0 Å². The van der Waals surface area contributed by atoms with Gasteiger partial charge < -0.3 is 23.0 Å². The summed E-state index contributed by atoms with van der Waals surface area (Å²) in [5.74, 6) is 0.881. The first-order chi connectivity index (χ1) is 24.3. The Hall–Kier alpha value is -5.41. The Balaban J connectivity index is 0.000000187. The Morgan fingerprint density at radius 2 is 1.24 bits per heavy atom. The highest BCUT2D eigenvalue weighted by Gasteiger charge is 2.14. The van der Waals surface area contributed by atoms with E-state index in [0.717, 1.165) is 60.2 Å². The number of hydrogen-bond acceptors (Lipinski definition) is 6. The van der Waals surface area contributed by atoms with Crippen LogP contribution in [-0.4, -0.2) is 26.8 Å². The Labute approximate surface area is 296 Å². The van der Waals surface area contributed by atoms with Crippen LogP contribution in [0.5, 0.6) is 11.5 Å². The van der Waals surface area contributed by atoms with E-state index in [1.165, 1.54) is 26.4 Å². The number of methoxy groups -OCH3 is 2. The quantitative estimate of drug-likeness (QED) is 0.137. The summed E-state index contributed by atoms with van der Waals surface area (Å²) < 4.78 is 55.5. The fourth-order valence-corrected chi connectivity index (χ4v) is 6.13. The molecule has 2 heterocycles. The first-order valence-corrected chi connectivity index (χ1v) is 16.7. The summed E-state index contributed by atoms with van der Waals surface area (Å²) in [6, 6.07) is 32.8. The summed E-state index contributed by atoms with van der Waals surface area (Å²) in [4.78, 5) is 12.1. The molecule has 0 saturated heterocycles. The van der Waals surface area contributed by atoms with Gasteiger partial charge in [-0.3, -0.25) is 0 Å². The molecule has 0 aliphatic rings. The number of ether oxygens (including phenoxy) is 3. The topological polar surface area (TPSA) is 71.0 Å². The number of rotatable bonds is 9. The second-order valence-corrected chi connectivity index (χ2v) is 12.3. The van der Waals surface area contributed by atoms with Crippen molar-refractivity contribution in [3.05, 3.63) is 154 Å². The molecule has 0 unspecified atom stereocenters. The molecule has 7 aromatic rings. The van der Waals surface area contributed by atoms with Crippen molar-refractivity contribution < 1.29 is 36.6 Å². The number of para-hydroxylation sites is 2. The van der Waals surface area contributed by atoms with Gasteiger partial charge in [0.05, 0.1) is 30.9 Å². The largest absolute Gasteiger partial charge is 0.494 e. The number of hydrogen-bond donors (Lipinski definition) is 0. The van der Waals surface area contributed by atoms with Crippen LogP contribution in [-0.2, 0) is 17.6 Å². The summed E-state index contributed by atoms with van der Waals surface area (Å²) in [6.45, 7) is 2.10. The molecule has 0 aliphatic heterocycles. The molecule has 0 fully saturated rings.